The summed E-state index contributed by atoms with van der Waals surface area (Å²) in [5, 5.41) is 4.90. The molecule has 0 fully saturated rings. The molecule has 2 aromatic rings. The van der Waals surface area contributed by atoms with Gasteiger partial charge in [-0.2, -0.15) is 0 Å². The highest BCUT2D eigenvalue weighted by Crippen LogP contribution is 2.24. The molecule has 19 heavy (non-hydrogen) atoms. The number of carbonyl (C=O) groups excluding carboxylic acids is 1. The zero-order valence-electron chi connectivity index (χ0n) is 11.4. The first kappa shape index (κ1) is 13.4. The lowest BCUT2D eigenvalue weighted by molar-refractivity contribution is -0.120. The van der Waals surface area contributed by atoms with Crippen LogP contribution >= 0.6 is 0 Å². The van der Waals surface area contributed by atoms with Gasteiger partial charge in [-0.25, -0.2) is 0 Å². The summed E-state index contributed by atoms with van der Waals surface area (Å²) in [6.45, 7) is 3.35. The predicted molar refractivity (Wildman–Crippen MR) is 77.4 cm³/mol. The average molecular weight is 258 g/mol. The van der Waals surface area contributed by atoms with Gasteiger partial charge in [-0.1, -0.05) is 12.1 Å². The van der Waals surface area contributed by atoms with E-state index in [2.05, 4.69) is 5.32 Å². The van der Waals surface area contributed by atoms with Crippen LogP contribution in [0.1, 0.15) is 13.8 Å². The van der Waals surface area contributed by atoms with Gasteiger partial charge in [-0.3, -0.25) is 4.79 Å². The largest absolute Gasteiger partial charge is 0.497 e. The van der Waals surface area contributed by atoms with Crippen LogP contribution in [-0.4, -0.2) is 18.6 Å². The van der Waals surface area contributed by atoms with Crippen molar-refractivity contribution in [1.82, 2.24) is 0 Å². The SMILES string of the molecule is COc1ccc2cc(NC(=O)C(C)(C)N)ccc2c1. The molecule has 0 aliphatic rings. The quantitative estimate of drug-likeness (QED) is 0.889. The van der Waals surface area contributed by atoms with Crippen molar-refractivity contribution in [3.8, 4) is 5.75 Å². The number of benzene rings is 2. The number of anilines is 1. The minimum atomic E-state index is -0.894. The number of carbonyl (C=O) groups is 1. The summed E-state index contributed by atoms with van der Waals surface area (Å²) in [4.78, 5) is 11.8. The average Bonchev–Trinajstić information content (AvgIpc) is 2.37. The molecular formula is C15H18N2O2. The smallest absolute Gasteiger partial charge is 0.243 e. The van der Waals surface area contributed by atoms with Crippen molar-refractivity contribution in [1.29, 1.82) is 0 Å². The summed E-state index contributed by atoms with van der Waals surface area (Å²) in [5.74, 6) is 0.604. The first-order valence-electron chi connectivity index (χ1n) is 6.08. The van der Waals surface area contributed by atoms with Gasteiger partial charge in [0.15, 0.2) is 0 Å². The third kappa shape index (κ3) is 3.03. The van der Waals surface area contributed by atoms with Gasteiger partial charge in [0.25, 0.3) is 0 Å². The normalized spacial score (nSPS) is 11.4. The van der Waals surface area contributed by atoms with Crippen LogP contribution in [0.4, 0.5) is 5.69 Å². The molecule has 2 aromatic carbocycles. The van der Waals surface area contributed by atoms with Gasteiger partial charge in [0.2, 0.25) is 5.91 Å². The van der Waals surface area contributed by atoms with Crippen LogP contribution in [0, 0.1) is 0 Å². The molecule has 0 aliphatic carbocycles. The van der Waals surface area contributed by atoms with Crippen LogP contribution < -0.4 is 15.8 Å². The fraction of sp³-hybridized carbons (Fsp3) is 0.267. The van der Waals surface area contributed by atoms with E-state index in [1.165, 1.54) is 0 Å². The Kier molecular flexibility index (Phi) is 3.44. The number of fused-ring (bicyclic) bond motifs is 1. The highest BCUT2D eigenvalue weighted by atomic mass is 16.5. The molecule has 0 saturated carbocycles. The zero-order valence-corrected chi connectivity index (χ0v) is 11.4. The number of amides is 1. The first-order valence-corrected chi connectivity index (χ1v) is 6.08. The van der Waals surface area contributed by atoms with Gasteiger partial charge in [0.05, 0.1) is 12.6 Å². The lowest BCUT2D eigenvalue weighted by atomic mass is 10.1. The fourth-order valence-corrected chi connectivity index (χ4v) is 1.72. The molecule has 4 heteroatoms. The minimum absolute atomic E-state index is 0.208. The highest BCUT2D eigenvalue weighted by Gasteiger charge is 2.21. The Hall–Kier alpha value is -2.07. The maximum atomic E-state index is 11.8. The molecular weight excluding hydrogens is 240 g/mol. The van der Waals surface area contributed by atoms with Crippen molar-refractivity contribution in [2.45, 2.75) is 19.4 Å². The van der Waals surface area contributed by atoms with Gasteiger partial charge >= 0.3 is 0 Å². The van der Waals surface area contributed by atoms with E-state index >= 15 is 0 Å². The van der Waals surface area contributed by atoms with Gasteiger partial charge in [-0.15, -0.1) is 0 Å². The van der Waals surface area contributed by atoms with E-state index in [-0.39, 0.29) is 5.91 Å². The first-order chi connectivity index (χ1) is 8.90. The Morgan fingerprint density at radius 1 is 1.16 bits per heavy atom. The van der Waals surface area contributed by atoms with Crippen molar-refractivity contribution in [2.75, 3.05) is 12.4 Å². The second-order valence-electron chi connectivity index (χ2n) is 5.10. The standard InChI is InChI=1S/C15H18N2O2/c1-15(2,16)14(18)17-12-6-4-11-9-13(19-3)7-5-10(11)8-12/h4-9H,16H2,1-3H3,(H,17,18). The molecule has 100 valence electrons. The number of hydrogen-bond donors (Lipinski definition) is 2. The Morgan fingerprint density at radius 2 is 1.79 bits per heavy atom. The summed E-state index contributed by atoms with van der Waals surface area (Å²) in [7, 11) is 1.64. The maximum Gasteiger partial charge on any atom is 0.243 e. The summed E-state index contributed by atoms with van der Waals surface area (Å²) in [6, 6.07) is 11.5. The molecule has 0 radical (unpaired) electrons. The third-order valence-electron chi connectivity index (χ3n) is 2.89. The van der Waals surface area contributed by atoms with Crippen LogP contribution in [0.3, 0.4) is 0 Å². The summed E-state index contributed by atoms with van der Waals surface area (Å²) >= 11 is 0. The number of hydrogen-bond acceptors (Lipinski definition) is 3. The van der Waals surface area contributed by atoms with Crippen LogP contribution in [0.5, 0.6) is 5.75 Å². The summed E-state index contributed by atoms with van der Waals surface area (Å²) in [5.41, 5.74) is 5.59. The molecule has 0 aliphatic heterocycles. The molecule has 0 saturated heterocycles. The van der Waals surface area contributed by atoms with E-state index in [0.717, 1.165) is 22.2 Å². The number of nitrogens with two attached hydrogens (primary N) is 1. The van der Waals surface area contributed by atoms with Crippen LogP contribution in [0.25, 0.3) is 10.8 Å². The van der Waals surface area contributed by atoms with Crippen LogP contribution in [0.2, 0.25) is 0 Å². The molecule has 0 aromatic heterocycles. The van der Waals surface area contributed by atoms with Crippen LogP contribution in [0.15, 0.2) is 36.4 Å². The Balaban J connectivity index is 2.30. The number of ether oxygens (including phenoxy) is 1. The molecule has 0 heterocycles. The van der Waals surface area contributed by atoms with Gasteiger partial charge in [0, 0.05) is 5.69 Å². The van der Waals surface area contributed by atoms with Crippen molar-refractivity contribution in [3.63, 3.8) is 0 Å². The van der Waals surface area contributed by atoms with E-state index in [4.69, 9.17) is 10.5 Å². The lowest BCUT2D eigenvalue weighted by Gasteiger charge is -2.18. The van der Waals surface area contributed by atoms with Gasteiger partial charge in [0.1, 0.15) is 5.75 Å². The molecule has 0 spiro atoms. The van der Waals surface area contributed by atoms with Gasteiger partial charge in [-0.05, 0) is 48.9 Å². The van der Waals surface area contributed by atoms with Crippen LogP contribution in [-0.2, 0) is 4.79 Å². The maximum absolute atomic E-state index is 11.8. The number of nitrogens with one attached hydrogen (secondary N) is 1. The molecule has 2 rings (SSSR count). The molecule has 0 unspecified atom stereocenters. The second-order valence-corrected chi connectivity index (χ2v) is 5.10. The van der Waals surface area contributed by atoms with E-state index in [1.807, 2.05) is 36.4 Å². The molecule has 0 atom stereocenters. The number of rotatable bonds is 3. The van der Waals surface area contributed by atoms with E-state index in [9.17, 15) is 4.79 Å². The van der Waals surface area contributed by atoms with Crippen molar-refractivity contribution >= 4 is 22.4 Å². The third-order valence-corrected chi connectivity index (χ3v) is 2.89. The topological polar surface area (TPSA) is 64.3 Å². The Labute approximate surface area is 112 Å². The predicted octanol–water partition coefficient (Wildman–Crippen LogP) is 2.52. The van der Waals surface area contributed by atoms with Crippen molar-refractivity contribution in [2.24, 2.45) is 5.73 Å². The Morgan fingerprint density at radius 3 is 2.42 bits per heavy atom. The minimum Gasteiger partial charge on any atom is -0.497 e. The lowest BCUT2D eigenvalue weighted by Crippen LogP contribution is -2.45. The van der Waals surface area contributed by atoms with E-state index in [1.54, 1.807) is 21.0 Å². The van der Waals surface area contributed by atoms with Crippen molar-refractivity contribution in [3.05, 3.63) is 36.4 Å². The van der Waals surface area contributed by atoms with E-state index in [0.29, 0.717) is 0 Å². The summed E-state index contributed by atoms with van der Waals surface area (Å²) < 4.78 is 5.18. The molecule has 1 amide bonds. The number of methoxy groups -OCH3 is 1. The second kappa shape index (κ2) is 4.90. The molecule has 4 nitrogen and oxygen atoms in total. The fourth-order valence-electron chi connectivity index (χ4n) is 1.72. The van der Waals surface area contributed by atoms with Gasteiger partial charge < -0.3 is 15.8 Å². The van der Waals surface area contributed by atoms with E-state index < -0.39 is 5.54 Å². The molecule has 0 bridgehead atoms. The highest BCUT2D eigenvalue weighted by molar-refractivity contribution is 5.99. The molecule has 3 N–H and O–H groups in total. The zero-order chi connectivity index (χ0) is 14.0. The summed E-state index contributed by atoms with van der Waals surface area (Å²) in [6.07, 6.45) is 0. The van der Waals surface area contributed by atoms with Crippen molar-refractivity contribution < 1.29 is 9.53 Å². The monoisotopic (exact) mass is 258 g/mol. The Bertz CT molecular complexity index is 615.